The lowest BCUT2D eigenvalue weighted by atomic mass is 10.1. The molecule has 2 aromatic heterocycles. The Morgan fingerprint density at radius 1 is 0.839 bits per heavy atom. The van der Waals surface area contributed by atoms with E-state index >= 15 is 0 Å². The average molecular weight is 406 g/mol. The molecule has 3 aromatic carbocycles. The Morgan fingerprint density at radius 2 is 1.58 bits per heavy atom. The number of nitrogens with zero attached hydrogens (tertiary/aromatic N) is 4. The predicted octanol–water partition coefficient (Wildman–Crippen LogP) is 4.28. The first-order valence-electron chi connectivity index (χ1n) is 10.2. The van der Waals surface area contributed by atoms with Gasteiger partial charge in [-0.3, -0.25) is 9.59 Å². The summed E-state index contributed by atoms with van der Waals surface area (Å²) >= 11 is 0. The number of para-hydroxylation sites is 3. The number of aryl methyl sites for hydroxylation is 1. The molecule has 150 valence electrons. The van der Waals surface area contributed by atoms with Crippen LogP contribution < -0.4 is 4.90 Å². The lowest BCUT2D eigenvalue weighted by Gasteiger charge is -2.17. The van der Waals surface area contributed by atoms with E-state index in [1.807, 2.05) is 67.6 Å². The zero-order chi connectivity index (χ0) is 21.1. The fourth-order valence-electron chi connectivity index (χ4n) is 4.45. The summed E-state index contributed by atoms with van der Waals surface area (Å²) in [6, 6.07) is 21.4. The predicted molar refractivity (Wildman–Crippen MR) is 120 cm³/mol. The maximum atomic E-state index is 12.7. The van der Waals surface area contributed by atoms with Crippen molar-refractivity contribution < 1.29 is 9.59 Å². The van der Waals surface area contributed by atoms with Crippen molar-refractivity contribution in [1.29, 1.82) is 0 Å². The Bertz CT molecular complexity index is 1550. The highest BCUT2D eigenvalue weighted by Gasteiger charge is 2.35. The number of rotatable bonds is 3. The van der Waals surface area contributed by atoms with E-state index < -0.39 is 11.7 Å². The molecular formula is C25H18N4O2. The Hall–Kier alpha value is -4.06. The second-order valence-corrected chi connectivity index (χ2v) is 7.86. The van der Waals surface area contributed by atoms with E-state index in [0.717, 1.165) is 38.7 Å². The van der Waals surface area contributed by atoms with Crippen LogP contribution in [0.25, 0.3) is 33.1 Å². The van der Waals surface area contributed by atoms with Crippen molar-refractivity contribution >= 4 is 50.5 Å². The minimum absolute atomic E-state index is 0.378. The lowest BCUT2D eigenvalue weighted by Crippen LogP contribution is -2.32. The highest BCUT2D eigenvalue weighted by atomic mass is 16.2. The topological polar surface area (TPSA) is 68.1 Å². The first-order chi connectivity index (χ1) is 15.1. The second kappa shape index (κ2) is 6.47. The van der Waals surface area contributed by atoms with E-state index in [9.17, 15) is 9.59 Å². The number of hydrogen-bond acceptors (Lipinski definition) is 4. The zero-order valence-corrected chi connectivity index (χ0v) is 16.9. The van der Waals surface area contributed by atoms with Crippen LogP contribution in [0.5, 0.6) is 0 Å². The standard InChI is InChI=1S/C25H18N4O2/c1-15-10-11-21-17(14-15)23(30)25(31)29(21)13-12-28-20-9-5-2-6-16(20)22-24(28)27-19-8-4-3-7-18(19)26-22/h2-11,14H,12-13H2,1H3. The van der Waals surface area contributed by atoms with Crippen LogP contribution in [0.3, 0.4) is 0 Å². The van der Waals surface area contributed by atoms with Crippen molar-refractivity contribution in [1.82, 2.24) is 14.5 Å². The molecule has 6 nitrogen and oxygen atoms in total. The van der Waals surface area contributed by atoms with Gasteiger partial charge in [-0.25, -0.2) is 9.97 Å². The molecule has 6 rings (SSSR count). The molecule has 0 aliphatic carbocycles. The molecule has 5 aromatic rings. The molecule has 1 aliphatic heterocycles. The summed E-state index contributed by atoms with van der Waals surface area (Å²) in [4.78, 5) is 36.5. The van der Waals surface area contributed by atoms with E-state index in [4.69, 9.17) is 9.97 Å². The monoisotopic (exact) mass is 406 g/mol. The number of hydrogen-bond donors (Lipinski definition) is 0. The smallest absolute Gasteiger partial charge is 0.299 e. The van der Waals surface area contributed by atoms with Gasteiger partial charge >= 0.3 is 0 Å². The van der Waals surface area contributed by atoms with Gasteiger partial charge in [-0.1, -0.05) is 42.0 Å². The molecule has 0 fully saturated rings. The number of benzene rings is 3. The fourth-order valence-corrected chi connectivity index (χ4v) is 4.45. The van der Waals surface area contributed by atoms with Gasteiger partial charge in [-0.05, 0) is 37.3 Å². The van der Waals surface area contributed by atoms with Crippen LogP contribution >= 0.6 is 0 Å². The van der Waals surface area contributed by atoms with Gasteiger partial charge in [0.05, 0.1) is 27.8 Å². The van der Waals surface area contributed by atoms with E-state index in [0.29, 0.717) is 24.3 Å². The third-order valence-electron chi connectivity index (χ3n) is 5.93. The largest absolute Gasteiger partial charge is 0.322 e. The number of fused-ring (bicyclic) bond motifs is 5. The van der Waals surface area contributed by atoms with Crippen LogP contribution in [0.4, 0.5) is 5.69 Å². The lowest BCUT2D eigenvalue weighted by molar-refractivity contribution is -0.114. The number of ketones is 1. The fraction of sp³-hybridized carbons (Fsp3) is 0.120. The third-order valence-corrected chi connectivity index (χ3v) is 5.93. The maximum absolute atomic E-state index is 12.7. The van der Waals surface area contributed by atoms with Crippen LogP contribution in [0.1, 0.15) is 15.9 Å². The summed E-state index contributed by atoms with van der Waals surface area (Å²) in [5, 5.41) is 1.02. The number of carbonyl (C=O) groups is 2. The van der Waals surface area contributed by atoms with Crippen LogP contribution in [0.15, 0.2) is 66.7 Å². The average Bonchev–Trinajstić information content (AvgIpc) is 3.22. The highest BCUT2D eigenvalue weighted by Crippen LogP contribution is 2.31. The van der Waals surface area contributed by atoms with E-state index in [1.54, 1.807) is 11.0 Å². The van der Waals surface area contributed by atoms with Crippen molar-refractivity contribution in [2.45, 2.75) is 13.5 Å². The van der Waals surface area contributed by atoms with Gasteiger partial charge in [0.25, 0.3) is 11.7 Å². The summed E-state index contributed by atoms with van der Waals surface area (Å²) in [5.41, 5.74) is 6.43. The van der Waals surface area contributed by atoms with Crippen LogP contribution in [-0.2, 0) is 11.3 Å². The summed E-state index contributed by atoms with van der Waals surface area (Å²) in [7, 11) is 0. The van der Waals surface area contributed by atoms with Crippen molar-refractivity contribution in [3.63, 3.8) is 0 Å². The van der Waals surface area contributed by atoms with Gasteiger partial charge in [-0.15, -0.1) is 0 Å². The number of amides is 1. The Labute approximate surface area is 177 Å². The Balaban J connectivity index is 1.47. The molecule has 3 heterocycles. The normalized spacial score (nSPS) is 13.6. The summed E-state index contributed by atoms with van der Waals surface area (Å²) < 4.78 is 2.09. The number of carbonyl (C=O) groups excluding carboxylic acids is 2. The summed E-state index contributed by atoms with van der Waals surface area (Å²) in [6.45, 7) is 2.80. The van der Waals surface area contributed by atoms with Crippen LogP contribution in [0.2, 0.25) is 0 Å². The van der Waals surface area contributed by atoms with Gasteiger partial charge in [0.15, 0.2) is 5.65 Å². The SMILES string of the molecule is Cc1ccc2c(c1)C(=O)C(=O)N2CCn1c2ccccc2c2nc3ccccc3nc21. The van der Waals surface area contributed by atoms with Gasteiger partial charge in [-0.2, -0.15) is 0 Å². The molecule has 6 heteroatoms. The number of anilines is 1. The maximum Gasteiger partial charge on any atom is 0.299 e. The highest BCUT2D eigenvalue weighted by molar-refractivity contribution is 6.52. The van der Waals surface area contributed by atoms with Crippen LogP contribution in [-0.4, -0.2) is 32.8 Å². The molecule has 0 N–H and O–H groups in total. The quantitative estimate of drug-likeness (QED) is 0.420. The molecule has 0 saturated carbocycles. The van der Waals surface area contributed by atoms with E-state index in [2.05, 4.69) is 4.57 Å². The van der Waals surface area contributed by atoms with Crippen molar-refractivity contribution in [3.8, 4) is 0 Å². The van der Waals surface area contributed by atoms with Gasteiger partial charge in [0, 0.05) is 18.5 Å². The van der Waals surface area contributed by atoms with Crippen molar-refractivity contribution in [2.75, 3.05) is 11.4 Å². The van der Waals surface area contributed by atoms with Gasteiger partial charge < -0.3 is 9.47 Å². The minimum Gasteiger partial charge on any atom is -0.322 e. The zero-order valence-electron chi connectivity index (χ0n) is 16.9. The summed E-state index contributed by atoms with van der Waals surface area (Å²) in [6.07, 6.45) is 0. The number of Topliss-reactive ketones (excluding diaryl/α,β-unsaturated/α-hetero) is 1. The first kappa shape index (κ1) is 17.8. The van der Waals surface area contributed by atoms with Gasteiger partial charge in [0.1, 0.15) is 5.52 Å². The molecule has 0 spiro atoms. The second-order valence-electron chi connectivity index (χ2n) is 7.86. The third kappa shape index (κ3) is 2.58. The molecule has 1 amide bonds. The molecular weight excluding hydrogens is 388 g/mol. The Morgan fingerprint density at radius 3 is 2.42 bits per heavy atom. The summed E-state index contributed by atoms with van der Waals surface area (Å²) in [5.74, 6) is -0.912. The van der Waals surface area contributed by atoms with Crippen molar-refractivity contribution in [2.24, 2.45) is 0 Å². The van der Waals surface area contributed by atoms with E-state index in [1.165, 1.54) is 0 Å². The molecule has 0 bridgehead atoms. The van der Waals surface area contributed by atoms with Crippen LogP contribution in [0, 0.1) is 6.92 Å². The molecule has 0 unspecified atom stereocenters. The molecule has 0 saturated heterocycles. The Kier molecular flexibility index (Phi) is 3.71. The van der Waals surface area contributed by atoms with E-state index in [-0.39, 0.29) is 0 Å². The molecule has 31 heavy (non-hydrogen) atoms. The van der Waals surface area contributed by atoms with Gasteiger partial charge in [0.2, 0.25) is 0 Å². The molecule has 0 atom stereocenters. The molecule has 1 aliphatic rings. The van der Waals surface area contributed by atoms with Crippen molar-refractivity contribution in [3.05, 3.63) is 77.9 Å². The molecule has 0 radical (unpaired) electrons. The number of aromatic nitrogens is 3. The first-order valence-corrected chi connectivity index (χ1v) is 10.2. The minimum atomic E-state index is -0.474.